The third kappa shape index (κ3) is 2.85. The van der Waals surface area contributed by atoms with Gasteiger partial charge in [-0.2, -0.15) is 0 Å². The first kappa shape index (κ1) is 10.3. The van der Waals surface area contributed by atoms with Gasteiger partial charge < -0.3 is 4.74 Å². The molecule has 0 aromatic rings. The Morgan fingerprint density at radius 1 is 1.46 bits per heavy atom. The first-order valence-corrected chi connectivity index (χ1v) is 4.83. The summed E-state index contributed by atoms with van der Waals surface area (Å²) in [5.74, 6) is 0. The SMILES string of the molecule is C=C/C=C\C(=C(C)C)C1CCCO1. The van der Waals surface area contributed by atoms with E-state index < -0.39 is 0 Å². The van der Waals surface area contributed by atoms with Crippen LogP contribution in [0.2, 0.25) is 0 Å². The van der Waals surface area contributed by atoms with E-state index in [0.717, 1.165) is 13.0 Å². The monoisotopic (exact) mass is 178 g/mol. The van der Waals surface area contributed by atoms with Gasteiger partial charge in [0.1, 0.15) is 0 Å². The maximum absolute atomic E-state index is 5.63. The maximum atomic E-state index is 5.63. The standard InChI is InChI=1S/C12H18O/c1-4-5-7-11(10(2)3)12-8-6-9-13-12/h4-5,7,12H,1,6,8-9H2,2-3H3/b7-5-. The second kappa shape index (κ2) is 5.03. The quantitative estimate of drug-likeness (QED) is 0.603. The van der Waals surface area contributed by atoms with Gasteiger partial charge in [-0.1, -0.05) is 30.4 Å². The van der Waals surface area contributed by atoms with Crippen LogP contribution in [-0.2, 0) is 4.74 Å². The minimum absolute atomic E-state index is 0.321. The van der Waals surface area contributed by atoms with Gasteiger partial charge in [-0.3, -0.25) is 0 Å². The molecule has 0 radical (unpaired) electrons. The number of hydrogen-bond acceptors (Lipinski definition) is 1. The fourth-order valence-electron chi connectivity index (χ4n) is 1.59. The molecule has 1 heteroatoms. The summed E-state index contributed by atoms with van der Waals surface area (Å²) >= 11 is 0. The van der Waals surface area contributed by atoms with E-state index in [1.165, 1.54) is 17.6 Å². The van der Waals surface area contributed by atoms with E-state index in [-0.39, 0.29) is 0 Å². The summed E-state index contributed by atoms with van der Waals surface area (Å²) in [5, 5.41) is 0. The zero-order valence-electron chi connectivity index (χ0n) is 8.55. The van der Waals surface area contributed by atoms with Crippen molar-refractivity contribution in [3.05, 3.63) is 36.0 Å². The fraction of sp³-hybridized carbons (Fsp3) is 0.500. The summed E-state index contributed by atoms with van der Waals surface area (Å²) < 4.78 is 5.63. The number of hydrogen-bond donors (Lipinski definition) is 0. The molecule has 13 heavy (non-hydrogen) atoms. The second-order valence-corrected chi connectivity index (χ2v) is 3.55. The Morgan fingerprint density at radius 3 is 2.69 bits per heavy atom. The van der Waals surface area contributed by atoms with Crippen LogP contribution in [-0.4, -0.2) is 12.7 Å². The molecule has 0 amide bonds. The average Bonchev–Trinajstić information content (AvgIpc) is 2.57. The van der Waals surface area contributed by atoms with Gasteiger partial charge in [0.2, 0.25) is 0 Å². The summed E-state index contributed by atoms with van der Waals surface area (Å²) in [6, 6.07) is 0. The summed E-state index contributed by atoms with van der Waals surface area (Å²) in [5.41, 5.74) is 2.66. The molecule has 0 N–H and O–H groups in total. The van der Waals surface area contributed by atoms with Crippen LogP contribution in [0.5, 0.6) is 0 Å². The van der Waals surface area contributed by atoms with Gasteiger partial charge in [0, 0.05) is 6.61 Å². The van der Waals surface area contributed by atoms with E-state index in [1.807, 2.05) is 6.08 Å². The molecule has 0 aromatic carbocycles. The molecule has 1 atom stereocenters. The Hall–Kier alpha value is -0.820. The van der Waals surface area contributed by atoms with Gasteiger partial charge in [-0.15, -0.1) is 0 Å². The highest BCUT2D eigenvalue weighted by atomic mass is 16.5. The van der Waals surface area contributed by atoms with Crippen LogP contribution in [0.1, 0.15) is 26.7 Å². The predicted octanol–water partition coefficient (Wildman–Crippen LogP) is 3.24. The van der Waals surface area contributed by atoms with Crippen molar-refractivity contribution in [2.45, 2.75) is 32.8 Å². The van der Waals surface area contributed by atoms with E-state index >= 15 is 0 Å². The second-order valence-electron chi connectivity index (χ2n) is 3.55. The smallest absolute Gasteiger partial charge is 0.0825 e. The lowest BCUT2D eigenvalue weighted by Crippen LogP contribution is -2.08. The van der Waals surface area contributed by atoms with Gasteiger partial charge in [-0.25, -0.2) is 0 Å². The van der Waals surface area contributed by atoms with Crippen molar-refractivity contribution in [1.29, 1.82) is 0 Å². The lowest BCUT2D eigenvalue weighted by Gasteiger charge is -2.12. The van der Waals surface area contributed by atoms with Crippen LogP contribution in [0.25, 0.3) is 0 Å². The molecule has 1 nitrogen and oxygen atoms in total. The normalized spacial score (nSPS) is 22.2. The van der Waals surface area contributed by atoms with Gasteiger partial charge in [0.15, 0.2) is 0 Å². The molecule has 1 aliphatic heterocycles. The lowest BCUT2D eigenvalue weighted by atomic mass is 10.0. The summed E-state index contributed by atoms with van der Waals surface area (Å²) in [7, 11) is 0. The Bertz CT molecular complexity index is 226. The molecule has 0 saturated carbocycles. The highest BCUT2D eigenvalue weighted by Crippen LogP contribution is 2.23. The molecule has 1 heterocycles. The van der Waals surface area contributed by atoms with Crippen molar-refractivity contribution in [2.24, 2.45) is 0 Å². The first-order valence-electron chi connectivity index (χ1n) is 4.83. The molecular weight excluding hydrogens is 160 g/mol. The van der Waals surface area contributed by atoms with Crippen molar-refractivity contribution in [1.82, 2.24) is 0 Å². The average molecular weight is 178 g/mol. The largest absolute Gasteiger partial charge is 0.374 e. The third-order valence-electron chi connectivity index (χ3n) is 2.27. The van der Waals surface area contributed by atoms with Crippen LogP contribution < -0.4 is 0 Å². The summed E-state index contributed by atoms with van der Waals surface area (Å²) in [6.07, 6.45) is 8.55. The topological polar surface area (TPSA) is 9.23 Å². The molecule has 1 unspecified atom stereocenters. The first-order chi connectivity index (χ1) is 6.25. The van der Waals surface area contributed by atoms with Crippen molar-refractivity contribution in [3.8, 4) is 0 Å². The van der Waals surface area contributed by atoms with E-state index in [4.69, 9.17) is 4.74 Å². The Balaban J connectivity index is 2.73. The van der Waals surface area contributed by atoms with Crippen LogP contribution in [0, 0.1) is 0 Å². The molecule has 1 fully saturated rings. The van der Waals surface area contributed by atoms with E-state index in [9.17, 15) is 0 Å². The van der Waals surface area contributed by atoms with E-state index in [1.54, 1.807) is 6.08 Å². The Labute approximate surface area is 80.8 Å². The van der Waals surface area contributed by atoms with Gasteiger partial charge in [0.25, 0.3) is 0 Å². The van der Waals surface area contributed by atoms with Gasteiger partial charge in [-0.05, 0) is 32.3 Å². The van der Waals surface area contributed by atoms with Crippen molar-refractivity contribution in [3.63, 3.8) is 0 Å². The molecule has 1 saturated heterocycles. The molecule has 0 aliphatic carbocycles. The van der Waals surface area contributed by atoms with Crippen LogP contribution >= 0.6 is 0 Å². The molecule has 0 bridgehead atoms. The van der Waals surface area contributed by atoms with E-state index in [0.29, 0.717) is 6.10 Å². The zero-order chi connectivity index (χ0) is 9.68. The molecule has 1 aliphatic rings. The zero-order valence-corrected chi connectivity index (χ0v) is 8.55. The van der Waals surface area contributed by atoms with E-state index in [2.05, 4.69) is 26.5 Å². The highest BCUT2D eigenvalue weighted by Gasteiger charge is 2.18. The number of ether oxygens (including phenoxy) is 1. The van der Waals surface area contributed by atoms with Gasteiger partial charge >= 0.3 is 0 Å². The third-order valence-corrected chi connectivity index (χ3v) is 2.27. The predicted molar refractivity (Wildman–Crippen MR) is 56.7 cm³/mol. The molecular formula is C12H18O. The number of rotatable bonds is 3. The number of allylic oxidation sites excluding steroid dienone is 3. The summed E-state index contributed by atoms with van der Waals surface area (Å²) in [6.45, 7) is 8.83. The Morgan fingerprint density at radius 2 is 2.23 bits per heavy atom. The maximum Gasteiger partial charge on any atom is 0.0825 e. The Kier molecular flexibility index (Phi) is 3.97. The summed E-state index contributed by atoms with van der Waals surface area (Å²) in [4.78, 5) is 0. The lowest BCUT2D eigenvalue weighted by molar-refractivity contribution is 0.139. The van der Waals surface area contributed by atoms with Crippen LogP contribution in [0.15, 0.2) is 36.0 Å². The highest BCUT2D eigenvalue weighted by molar-refractivity contribution is 5.29. The van der Waals surface area contributed by atoms with Crippen LogP contribution in [0.3, 0.4) is 0 Å². The minimum Gasteiger partial charge on any atom is -0.374 e. The van der Waals surface area contributed by atoms with Crippen molar-refractivity contribution in [2.75, 3.05) is 6.61 Å². The van der Waals surface area contributed by atoms with Gasteiger partial charge in [0.05, 0.1) is 6.10 Å². The fourth-order valence-corrected chi connectivity index (χ4v) is 1.59. The molecule has 1 rings (SSSR count). The minimum atomic E-state index is 0.321. The van der Waals surface area contributed by atoms with Crippen LogP contribution in [0.4, 0.5) is 0 Å². The molecule has 0 spiro atoms. The van der Waals surface area contributed by atoms with Crippen molar-refractivity contribution < 1.29 is 4.74 Å². The molecule has 72 valence electrons. The molecule has 0 aromatic heterocycles. The van der Waals surface area contributed by atoms with Crippen molar-refractivity contribution >= 4 is 0 Å².